The number of hydrogen-bond donors (Lipinski definition) is 2. The minimum atomic E-state index is -4.03. The standard InChI is InChI=1S/C18H20ClN3O5S/c19-14-3-1-13(2-4-14)18(7-9-27-10-8-18)12-21-16-6-5-15(28(20,25)26)11-17(16)22(23)24/h1-6,11,21H,7-10,12H2,(H2,20,25,26). The molecule has 1 aliphatic rings. The maximum absolute atomic E-state index is 11.5. The number of anilines is 1. The number of benzene rings is 2. The van der Waals surface area contributed by atoms with Crippen molar-refractivity contribution in [3.63, 3.8) is 0 Å². The number of nitro benzene ring substituents is 1. The maximum Gasteiger partial charge on any atom is 0.293 e. The van der Waals surface area contributed by atoms with Crippen molar-refractivity contribution in [2.75, 3.05) is 25.1 Å². The van der Waals surface area contributed by atoms with Crippen LogP contribution in [0.15, 0.2) is 47.4 Å². The first-order valence-corrected chi connectivity index (χ1v) is 10.5. The third-order valence-corrected chi connectivity index (χ3v) is 6.18. The summed E-state index contributed by atoms with van der Waals surface area (Å²) < 4.78 is 28.5. The van der Waals surface area contributed by atoms with Crippen LogP contribution in [-0.4, -0.2) is 33.1 Å². The summed E-state index contributed by atoms with van der Waals surface area (Å²) in [7, 11) is -4.03. The van der Waals surface area contributed by atoms with Crippen molar-refractivity contribution in [1.29, 1.82) is 0 Å². The molecule has 0 atom stereocenters. The molecule has 1 saturated heterocycles. The molecule has 2 aromatic carbocycles. The fourth-order valence-corrected chi connectivity index (χ4v) is 4.05. The van der Waals surface area contributed by atoms with E-state index in [1.165, 1.54) is 12.1 Å². The van der Waals surface area contributed by atoms with Gasteiger partial charge in [0.1, 0.15) is 5.69 Å². The summed E-state index contributed by atoms with van der Waals surface area (Å²) in [6.45, 7) is 1.58. The van der Waals surface area contributed by atoms with Crippen molar-refractivity contribution in [2.24, 2.45) is 5.14 Å². The number of nitro groups is 1. The van der Waals surface area contributed by atoms with Crippen LogP contribution in [0.25, 0.3) is 0 Å². The average Bonchev–Trinajstić information content (AvgIpc) is 2.66. The Kier molecular flexibility index (Phi) is 5.90. The Morgan fingerprint density at radius 1 is 1.18 bits per heavy atom. The summed E-state index contributed by atoms with van der Waals surface area (Å²) in [6.07, 6.45) is 1.48. The molecule has 1 heterocycles. The lowest BCUT2D eigenvalue weighted by Gasteiger charge is -2.38. The van der Waals surface area contributed by atoms with Crippen molar-refractivity contribution in [2.45, 2.75) is 23.2 Å². The van der Waals surface area contributed by atoms with Crippen molar-refractivity contribution in [3.05, 3.63) is 63.2 Å². The highest BCUT2D eigenvalue weighted by Gasteiger charge is 2.35. The number of nitrogens with one attached hydrogen (secondary N) is 1. The van der Waals surface area contributed by atoms with Crippen molar-refractivity contribution < 1.29 is 18.1 Å². The number of halogens is 1. The maximum atomic E-state index is 11.5. The number of primary sulfonamides is 1. The molecule has 0 amide bonds. The number of nitrogens with two attached hydrogens (primary N) is 1. The van der Waals surface area contributed by atoms with Gasteiger partial charge in [0.05, 0.1) is 9.82 Å². The Labute approximate surface area is 167 Å². The minimum Gasteiger partial charge on any atom is -0.381 e. The summed E-state index contributed by atoms with van der Waals surface area (Å²) in [6, 6.07) is 11.1. The largest absolute Gasteiger partial charge is 0.381 e. The molecule has 0 unspecified atom stereocenters. The van der Waals surface area contributed by atoms with Gasteiger partial charge in [0.25, 0.3) is 5.69 Å². The first-order chi connectivity index (χ1) is 13.2. The van der Waals surface area contributed by atoms with E-state index in [1.807, 2.05) is 24.3 Å². The van der Waals surface area contributed by atoms with Gasteiger partial charge < -0.3 is 10.1 Å². The quantitative estimate of drug-likeness (QED) is 0.541. The molecule has 0 spiro atoms. The highest BCUT2D eigenvalue weighted by atomic mass is 35.5. The molecule has 3 rings (SSSR count). The van der Waals surface area contributed by atoms with Gasteiger partial charge in [-0.05, 0) is 42.7 Å². The molecule has 2 aromatic rings. The van der Waals surface area contributed by atoms with E-state index in [0.29, 0.717) is 24.8 Å². The first-order valence-electron chi connectivity index (χ1n) is 8.60. The van der Waals surface area contributed by atoms with Gasteiger partial charge in [-0.25, -0.2) is 13.6 Å². The normalized spacial score (nSPS) is 16.5. The molecule has 3 N–H and O–H groups in total. The van der Waals surface area contributed by atoms with Crippen molar-refractivity contribution in [1.82, 2.24) is 0 Å². The molecule has 0 radical (unpaired) electrons. The molecule has 10 heteroatoms. The van der Waals surface area contributed by atoms with Gasteiger partial charge in [0.15, 0.2) is 0 Å². The van der Waals surface area contributed by atoms with Gasteiger partial charge in [0, 0.05) is 36.3 Å². The predicted molar refractivity (Wildman–Crippen MR) is 106 cm³/mol. The zero-order valence-corrected chi connectivity index (χ0v) is 16.5. The third-order valence-electron chi connectivity index (χ3n) is 5.02. The zero-order valence-electron chi connectivity index (χ0n) is 14.9. The molecular weight excluding hydrogens is 406 g/mol. The summed E-state index contributed by atoms with van der Waals surface area (Å²) in [4.78, 5) is 10.5. The van der Waals surface area contributed by atoms with Crippen LogP contribution in [0.1, 0.15) is 18.4 Å². The fourth-order valence-electron chi connectivity index (χ4n) is 3.39. The lowest BCUT2D eigenvalue weighted by molar-refractivity contribution is -0.384. The van der Waals surface area contributed by atoms with Gasteiger partial charge in [-0.1, -0.05) is 23.7 Å². The second-order valence-corrected chi connectivity index (χ2v) is 8.73. The van der Waals surface area contributed by atoms with Gasteiger partial charge in [0.2, 0.25) is 10.0 Å². The molecular formula is C18H20ClN3O5S. The monoisotopic (exact) mass is 425 g/mol. The Morgan fingerprint density at radius 2 is 1.82 bits per heavy atom. The summed E-state index contributed by atoms with van der Waals surface area (Å²) >= 11 is 6.00. The van der Waals surface area contributed by atoms with Crippen molar-refractivity contribution in [3.8, 4) is 0 Å². The van der Waals surface area contributed by atoms with Crippen LogP contribution in [0, 0.1) is 10.1 Å². The Morgan fingerprint density at radius 3 is 2.39 bits per heavy atom. The van der Waals surface area contributed by atoms with Crippen LogP contribution < -0.4 is 10.5 Å². The third kappa shape index (κ3) is 4.44. The predicted octanol–water partition coefficient (Wildman–Crippen LogP) is 3.06. The molecule has 0 aliphatic carbocycles. The van der Waals surface area contributed by atoms with E-state index in [-0.39, 0.29) is 21.7 Å². The molecule has 150 valence electrons. The second-order valence-electron chi connectivity index (χ2n) is 6.73. The van der Waals surface area contributed by atoms with Gasteiger partial charge in [-0.15, -0.1) is 0 Å². The Hall–Kier alpha value is -2.20. The summed E-state index contributed by atoms with van der Waals surface area (Å²) in [5.74, 6) is 0. The average molecular weight is 426 g/mol. The Balaban J connectivity index is 1.91. The van der Waals surface area contributed by atoms with E-state index in [1.54, 1.807) is 0 Å². The summed E-state index contributed by atoms with van der Waals surface area (Å²) in [5, 5.41) is 20.3. The topological polar surface area (TPSA) is 125 Å². The highest BCUT2D eigenvalue weighted by Crippen LogP contribution is 2.37. The van der Waals surface area contributed by atoms with E-state index < -0.39 is 14.9 Å². The van der Waals surface area contributed by atoms with E-state index in [0.717, 1.165) is 24.5 Å². The van der Waals surface area contributed by atoms with Crippen LogP contribution in [0.2, 0.25) is 5.02 Å². The van der Waals surface area contributed by atoms with Gasteiger partial charge in [-0.3, -0.25) is 10.1 Å². The fraction of sp³-hybridized carbons (Fsp3) is 0.333. The molecule has 0 aromatic heterocycles. The van der Waals surface area contributed by atoms with Crippen LogP contribution in [0.3, 0.4) is 0 Å². The highest BCUT2D eigenvalue weighted by molar-refractivity contribution is 7.89. The SMILES string of the molecule is NS(=O)(=O)c1ccc(NCC2(c3ccc(Cl)cc3)CCOCC2)c([N+](=O)[O-])c1. The number of rotatable bonds is 6. The van der Waals surface area contributed by atoms with Crippen molar-refractivity contribution >= 4 is 33.0 Å². The first kappa shape index (κ1) is 20.5. The lowest BCUT2D eigenvalue weighted by Crippen LogP contribution is -2.40. The number of ether oxygens (including phenoxy) is 1. The second kappa shape index (κ2) is 8.04. The van der Waals surface area contributed by atoms with Gasteiger partial charge >= 0.3 is 0 Å². The number of nitrogens with zero attached hydrogens (tertiary/aromatic N) is 1. The number of hydrogen-bond acceptors (Lipinski definition) is 6. The van der Waals surface area contributed by atoms with E-state index in [2.05, 4.69) is 5.32 Å². The molecule has 0 saturated carbocycles. The molecule has 8 nitrogen and oxygen atoms in total. The van der Waals surface area contributed by atoms with Crippen LogP contribution >= 0.6 is 11.6 Å². The van der Waals surface area contributed by atoms with E-state index in [4.69, 9.17) is 21.5 Å². The van der Waals surface area contributed by atoms with Crippen LogP contribution in [0.4, 0.5) is 11.4 Å². The van der Waals surface area contributed by atoms with Crippen LogP contribution in [-0.2, 0) is 20.2 Å². The smallest absolute Gasteiger partial charge is 0.293 e. The summed E-state index contributed by atoms with van der Waals surface area (Å²) in [5.41, 5.74) is 0.675. The van der Waals surface area contributed by atoms with E-state index in [9.17, 15) is 18.5 Å². The lowest BCUT2D eigenvalue weighted by atomic mass is 9.74. The van der Waals surface area contributed by atoms with E-state index >= 15 is 0 Å². The van der Waals surface area contributed by atoms with Gasteiger partial charge in [-0.2, -0.15) is 0 Å². The minimum absolute atomic E-state index is 0.234. The molecule has 28 heavy (non-hydrogen) atoms. The van der Waals surface area contributed by atoms with Crippen LogP contribution in [0.5, 0.6) is 0 Å². The number of sulfonamides is 1. The zero-order chi connectivity index (χ0) is 20.4. The Bertz CT molecular complexity index is 973. The molecule has 0 bridgehead atoms. The molecule has 1 aliphatic heterocycles. The molecule has 1 fully saturated rings.